The van der Waals surface area contributed by atoms with Gasteiger partial charge in [0.05, 0.1) is 6.61 Å². The van der Waals surface area contributed by atoms with Crippen molar-refractivity contribution in [2.24, 2.45) is 0 Å². The maximum absolute atomic E-state index is 7.95. The molecule has 31 valence electrons. The summed E-state index contributed by atoms with van der Waals surface area (Å²) >= 11 is 0. The van der Waals surface area contributed by atoms with Crippen molar-refractivity contribution < 1.29 is 5.11 Å². The number of aliphatic hydroxyl groups is 1. The highest BCUT2D eigenvalue weighted by molar-refractivity contribution is 4.50. The van der Waals surface area contributed by atoms with Gasteiger partial charge >= 0.3 is 0 Å². The molecule has 0 atom stereocenters. The molecule has 0 amide bonds. The number of hydrogen-bond donors (Lipinski definition) is 2. The third-order valence-corrected chi connectivity index (χ3v) is 0.295. The van der Waals surface area contributed by atoms with Gasteiger partial charge in [0.25, 0.3) is 0 Å². The topological polar surface area (TPSA) is 32.3 Å². The van der Waals surface area contributed by atoms with Crippen molar-refractivity contribution in [1.82, 2.24) is 5.32 Å². The fraction of sp³-hybridized carbons (Fsp3) is 0.667. The smallest absolute Gasteiger partial charge is 0.0600 e. The lowest BCUT2D eigenvalue weighted by Gasteiger charge is -1.83. The van der Waals surface area contributed by atoms with Gasteiger partial charge in [0.1, 0.15) is 0 Å². The van der Waals surface area contributed by atoms with E-state index in [1.807, 2.05) is 0 Å². The number of aliphatic hydroxyl groups excluding tert-OH is 1. The summed E-state index contributed by atoms with van der Waals surface area (Å²) in [5, 5.41) is 10.6. The maximum Gasteiger partial charge on any atom is 0.0600 e. The third kappa shape index (κ3) is 3.92. The second-order valence-electron chi connectivity index (χ2n) is 0.675. The Hall–Kier alpha value is -0.0800. The van der Waals surface area contributed by atoms with Gasteiger partial charge < -0.3 is 10.4 Å². The minimum atomic E-state index is 0.108. The molecule has 0 bridgehead atoms. The van der Waals surface area contributed by atoms with Crippen LogP contribution in [0.1, 0.15) is 0 Å². The largest absolute Gasteiger partial charge is 0.395 e. The standard InChI is InChI=1S/C3H8NO/c1-4-2-3-5/h2,4-5H,3H2,1H3. The van der Waals surface area contributed by atoms with Crippen LogP contribution in [0.3, 0.4) is 0 Å². The molecule has 0 heterocycles. The molecule has 0 aromatic rings. The predicted octanol–water partition coefficient (Wildman–Crippen LogP) is -0.640. The molecule has 0 fully saturated rings. The van der Waals surface area contributed by atoms with E-state index < -0.39 is 0 Å². The first-order valence-electron chi connectivity index (χ1n) is 1.51. The molecule has 0 aliphatic carbocycles. The van der Waals surface area contributed by atoms with E-state index in [0.29, 0.717) is 0 Å². The zero-order valence-electron chi connectivity index (χ0n) is 3.23. The molecule has 0 aromatic carbocycles. The summed E-state index contributed by atoms with van der Waals surface area (Å²) in [6, 6.07) is 0. The summed E-state index contributed by atoms with van der Waals surface area (Å²) < 4.78 is 0. The molecule has 0 aliphatic heterocycles. The van der Waals surface area contributed by atoms with E-state index in [-0.39, 0.29) is 6.61 Å². The highest BCUT2D eigenvalue weighted by atomic mass is 16.3. The van der Waals surface area contributed by atoms with E-state index >= 15 is 0 Å². The quantitative estimate of drug-likeness (QED) is 0.456. The van der Waals surface area contributed by atoms with Crippen LogP contribution in [0.2, 0.25) is 0 Å². The van der Waals surface area contributed by atoms with Crippen LogP contribution < -0.4 is 5.32 Å². The molecular formula is C3H8NO. The van der Waals surface area contributed by atoms with Gasteiger partial charge in [0.2, 0.25) is 0 Å². The van der Waals surface area contributed by atoms with Crippen LogP contribution in [0.15, 0.2) is 0 Å². The third-order valence-electron chi connectivity index (χ3n) is 0.295. The Morgan fingerprint density at radius 2 is 2.60 bits per heavy atom. The summed E-state index contributed by atoms with van der Waals surface area (Å²) in [6.45, 7) is 1.66. The lowest BCUT2D eigenvalue weighted by molar-refractivity contribution is 0.320. The molecule has 0 spiro atoms. The molecule has 2 nitrogen and oxygen atoms in total. The highest BCUT2D eigenvalue weighted by Crippen LogP contribution is 1.53. The van der Waals surface area contributed by atoms with Crippen LogP contribution >= 0.6 is 0 Å². The van der Waals surface area contributed by atoms with Crippen LogP contribution in [0.5, 0.6) is 0 Å². The Bertz CT molecular complexity index is 14.4. The molecular weight excluding hydrogens is 66.0 g/mol. The van der Waals surface area contributed by atoms with Crippen molar-refractivity contribution in [3.05, 3.63) is 6.54 Å². The fourth-order valence-electron chi connectivity index (χ4n) is 0.0913. The Balaban J connectivity index is 2.19. The molecule has 5 heavy (non-hydrogen) atoms. The normalized spacial score (nSPS) is 8.40. The van der Waals surface area contributed by atoms with Gasteiger partial charge in [-0.15, -0.1) is 0 Å². The number of hydrogen-bond acceptors (Lipinski definition) is 2. The van der Waals surface area contributed by atoms with Gasteiger partial charge in [-0.2, -0.15) is 0 Å². The molecule has 0 aromatic heterocycles. The van der Waals surface area contributed by atoms with Crippen LogP contribution in [0, 0.1) is 6.54 Å². The first-order valence-corrected chi connectivity index (χ1v) is 1.51. The fourth-order valence-corrected chi connectivity index (χ4v) is 0.0913. The van der Waals surface area contributed by atoms with Crippen LogP contribution in [0.25, 0.3) is 0 Å². The Morgan fingerprint density at radius 3 is 2.60 bits per heavy atom. The van der Waals surface area contributed by atoms with E-state index in [4.69, 9.17) is 5.11 Å². The van der Waals surface area contributed by atoms with Gasteiger partial charge in [0, 0.05) is 6.54 Å². The summed E-state index contributed by atoms with van der Waals surface area (Å²) in [5.74, 6) is 0. The Labute approximate surface area is 31.8 Å². The van der Waals surface area contributed by atoms with E-state index in [1.165, 1.54) is 0 Å². The summed E-state index contributed by atoms with van der Waals surface area (Å²) in [6.07, 6.45) is 0. The van der Waals surface area contributed by atoms with Crippen molar-refractivity contribution in [2.75, 3.05) is 13.7 Å². The van der Waals surface area contributed by atoms with Crippen molar-refractivity contribution in [3.8, 4) is 0 Å². The Kier molecular flexibility index (Phi) is 3.86. The van der Waals surface area contributed by atoms with Gasteiger partial charge in [-0.05, 0) is 7.05 Å². The van der Waals surface area contributed by atoms with Crippen molar-refractivity contribution in [1.29, 1.82) is 0 Å². The van der Waals surface area contributed by atoms with Crippen LogP contribution in [-0.4, -0.2) is 18.8 Å². The van der Waals surface area contributed by atoms with Gasteiger partial charge in [-0.1, -0.05) is 0 Å². The second-order valence-corrected chi connectivity index (χ2v) is 0.675. The van der Waals surface area contributed by atoms with Crippen molar-refractivity contribution in [2.45, 2.75) is 0 Å². The molecule has 0 saturated heterocycles. The SMILES string of the molecule is CN[CH]CO. The lowest BCUT2D eigenvalue weighted by atomic mass is 10.7. The zero-order chi connectivity index (χ0) is 4.12. The highest BCUT2D eigenvalue weighted by Gasteiger charge is 1.67. The lowest BCUT2D eigenvalue weighted by Crippen LogP contribution is -2.02. The van der Waals surface area contributed by atoms with E-state index in [1.54, 1.807) is 13.6 Å². The summed E-state index contributed by atoms with van der Waals surface area (Å²) in [5.41, 5.74) is 0. The van der Waals surface area contributed by atoms with Gasteiger partial charge in [-0.3, -0.25) is 0 Å². The summed E-state index contributed by atoms with van der Waals surface area (Å²) in [7, 11) is 1.75. The number of likely N-dealkylation sites (N-methyl/N-ethyl adjacent to an activating group) is 1. The van der Waals surface area contributed by atoms with E-state index in [9.17, 15) is 0 Å². The average Bonchev–Trinajstić information content (AvgIpc) is 1.41. The van der Waals surface area contributed by atoms with Crippen molar-refractivity contribution in [3.63, 3.8) is 0 Å². The molecule has 0 saturated carbocycles. The molecule has 1 radical (unpaired) electrons. The van der Waals surface area contributed by atoms with Crippen molar-refractivity contribution >= 4 is 0 Å². The van der Waals surface area contributed by atoms with E-state index in [2.05, 4.69) is 5.32 Å². The molecule has 0 rings (SSSR count). The second kappa shape index (κ2) is 3.92. The number of nitrogens with one attached hydrogen (secondary N) is 1. The molecule has 2 heteroatoms. The zero-order valence-corrected chi connectivity index (χ0v) is 3.23. The minimum absolute atomic E-state index is 0.108. The Morgan fingerprint density at radius 1 is 2.00 bits per heavy atom. The van der Waals surface area contributed by atoms with Gasteiger partial charge in [0.15, 0.2) is 0 Å². The first kappa shape index (κ1) is 4.92. The van der Waals surface area contributed by atoms with Crippen LogP contribution in [-0.2, 0) is 0 Å². The summed E-state index contributed by atoms with van der Waals surface area (Å²) in [4.78, 5) is 0. The first-order chi connectivity index (χ1) is 2.41. The minimum Gasteiger partial charge on any atom is -0.395 e. The van der Waals surface area contributed by atoms with Gasteiger partial charge in [-0.25, -0.2) is 0 Å². The maximum atomic E-state index is 7.95. The molecule has 0 unspecified atom stereocenters. The van der Waals surface area contributed by atoms with E-state index in [0.717, 1.165) is 0 Å². The average molecular weight is 74.1 g/mol. The monoisotopic (exact) mass is 74.1 g/mol. The van der Waals surface area contributed by atoms with Crippen LogP contribution in [0.4, 0.5) is 0 Å². The molecule has 0 aliphatic rings. The predicted molar refractivity (Wildman–Crippen MR) is 20.4 cm³/mol. The molecule has 2 N–H and O–H groups in total. The number of rotatable bonds is 2.